The summed E-state index contributed by atoms with van der Waals surface area (Å²) in [6.07, 6.45) is 0. The van der Waals surface area contributed by atoms with Crippen molar-refractivity contribution in [2.24, 2.45) is 0 Å². The third kappa shape index (κ3) is 1.64. The Kier molecular flexibility index (Phi) is 1.93. The van der Waals surface area contributed by atoms with Gasteiger partial charge in [0.2, 0.25) is 0 Å². The normalized spacial score (nSPS) is 21.0. The number of nitrogens with one attached hydrogen (secondary N) is 2. The molecule has 0 aromatic heterocycles. The summed E-state index contributed by atoms with van der Waals surface area (Å²) < 4.78 is 0. The minimum Gasteiger partial charge on any atom is -0.336 e. The van der Waals surface area contributed by atoms with E-state index < -0.39 is 0 Å². The van der Waals surface area contributed by atoms with Gasteiger partial charge in [-0.3, -0.25) is 0 Å². The van der Waals surface area contributed by atoms with Crippen molar-refractivity contribution in [3.63, 3.8) is 0 Å². The summed E-state index contributed by atoms with van der Waals surface area (Å²) in [5.74, 6) is 0. The molecule has 1 fully saturated rings. The fourth-order valence-electron chi connectivity index (χ4n) is 1.54. The SMILES string of the molecule is Cc1cccc([C@H]2CNC(=O)N2)c1. The average molecular weight is 176 g/mol. The van der Waals surface area contributed by atoms with E-state index in [0.29, 0.717) is 6.54 Å². The molecule has 0 unspecified atom stereocenters. The Morgan fingerprint density at radius 1 is 1.46 bits per heavy atom. The molecule has 1 aromatic rings. The Hall–Kier alpha value is -1.51. The minimum absolute atomic E-state index is 0.0773. The number of carbonyl (C=O) groups excluding carboxylic acids is 1. The highest BCUT2D eigenvalue weighted by Crippen LogP contribution is 2.15. The molecule has 1 aromatic carbocycles. The third-order valence-corrected chi connectivity index (χ3v) is 2.22. The van der Waals surface area contributed by atoms with E-state index >= 15 is 0 Å². The van der Waals surface area contributed by atoms with Crippen LogP contribution in [0.2, 0.25) is 0 Å². The van der Waals surface area contributed by atoms with Crippen LogP contribution < -0.4 is 10.6 Å². The second-order valence-corrected chi connectivity index (χ2v) is 3.32. The van der Waals surface area contributed by atoms with E-state index in [0.717, 1.165) is 0 Å². The van der Waals surface area contributed by atoms with E-state index in [1.165, 1.54) is 11.1 Å². The van der Waals surface area contributed by atoms with E-state index in [1.807, 2.05) is 25.1 Å². The zero-order valence-electron chi connectivity index (χ0n) is 7.50. The van der Waals surface area contributed by atoms with Crippen LogP contribution >= 0.6 is 0 Å². The van der Waals surface area contributed by atoms with Gasteiger partial charge < -0.3 is 10.6 Å². The summed E-state index contributed by atoms with van der Waals surface area (Å²) in [6.45, 7) is 2.73. The molecule has 1 heterocycles. The van der Waals surface area contributed by atoms with Crippen molar-refractivity contribution < 1.29 is 4.79 Å². The predicted octanol–water partition coefficient (Wildman–Crippen LogP) is 1.35. The number of aryl methyl sites for hydroxylation is 1. The topological polar surface area (TPSA) is 41.1 Å². The maximum absolute atomic E-state index is 10.9. The highest BCUT2D eigenvalue weighted by molar-refractivity contribution is 5.76. The van der Waals surface area contributed by atoms with Crippen molar-refractivity contribution >= 4 is 6.03 Å². The molecule has 68 valence electrons. The van der Waals surface area contributed by atoms with Crippen molar-refractivity contribution in [1.82, 2.24) is 10.6 Å². The van der Waals surface area contributed by atoms with E-state index in [9.17, 15) is 4.79 Å². The number of hydrogen-bond acceptors (Lipinski definition) is 1. The molecule has 3 heteroatoms. The first-order valence-corrected chi connectivity index (χ1v) is 4.36. The fourth-order valence-corrected chi connectivity index (χ4v) is 1.54. The third-order valence-electron chi connectivity index (χ3n) is 2.22. The summed E-state index contributed by atoms with van der Waals surface area (Å²) >= 11 is 0. The Labute approximate surface area is 77.1 Å². The maximum Gasteiger partial charge on any atom is 0.315 e. The minimum atomic E-state index is -0.0773. The molecule has 2 amide bonds. The summed E-state index contributed by atoms with van der Waals surface area (Å²) in [5, 5.41) is 5.58. The zero-order chi connectivity index (χ0) is 9.26. The first-order chi connectivity index (χ1) is 6.25. The summed E-state index contributed by atoms with van der Waals surface area (Å²) in [6, 6.07) is 8.24. The van der Waals surface area contributed by atoms with Crippen LogP contribution in [0, 0.1) is 6.92 Å². The molecule has 1 atom stereocenters. The van der Waals surface area contributed by atoms with Crippen molar-refractivity contribution in [2.45, 2.75) is 13.0 Å². The Bertz CT molecular complexity index is 335. The van der Waals surface area contributed by atoms with Gasteiger partial charge in [0, 0.05) is 6.54 Å². The van der Waals surface area contributed by atoms with Crippen LogP contribution in [0.3, 0.4) is 0 Å². The molecule has 2 N–H and O–H groups in total. The highest BCUT2D eigenvalue weighted by atomic mass is 16.2. The van der Waals surface area contributed by atoms with E-state index in [2.05, 4.69) is 16.7 Å². The van der Waals surface area contributed by atoms with Crippen LogP contribution in [0.15, 0.2) is 24.3 Å². The van der Waals surface area contributed by atoms with E-state index in [-0.39, 0.29) is 12.1 Å². The van der Waals surface area contributed by atoms with E-state index in [1.54, 1.807) is 0 Å². The van der Waals surface area contributed by atoms with E-state index in [4.69, 9.17) is 0 Å². The van der Waals surface area contributed by atoms with Crippen LogP contribution in [0.4, 0.5) is 4.79 Å². The molecular formula is C10H12N2O. The predicted molar refractivity (Wildman–Crippen MR) is 50.5 cm³/mol. The average Bonchev–Trinajstić information content (AvgIpc) is 2.52. The molecule has 0 aliphatic carbocycles. The smallest absolute Gasteiger partial charge is 0.315 e. The van der Waals surface area contributed by atoms with Crippen LogP contribution in [0.1, 0.15) is 17.2 Å². The summed E-state index contributed by atoms with van der Waals surface area (Å²) in [5.41, 5.74) is 2.39. The number of amides is 2. The van der Waals surface area contributed by atoms with Gasteiger partial charge in [-0.15, -0.1) is 0 Å². The maximum atomic E-state index is 10.9. The lowest BCUT2D eigenvalue weighted by molar-refractivity contribution is 0.247. The monoisotopic (exact) mass is 176 g/mol. The second-order valence-electron chi connectivity index (χ2n) is 3.32. The molecule has 0 radical (unpaired) electrons. The van der Waals surface area contributed by atoms with Gasteiger partial charge in [0.15, 0.2) is 0 Å². The molecule has 1 saturated heterocycles. The first kappa shape index (κ1) is 8.10. The quantitative estimate of drug-likeness (QED) is 0.666. The Morgan fingerprint density at radius 2 is 2.31 bits per heavy atom. The van der Waals surface area contributed by atoms with Gasteiger partial charge in [-0.2, -0.15) is 0 Å². The summed E-state index contributed by atoms with van der Waals surface area (Å²) in [4.78, 5) is 10.9. The van der Waals surface area contributed by atoms with Crippen molar-refractivity contribution in [2.75, 3.05) is 6.54 Å². The largest absolute Gasteiger partial charge is 0.336 e. The standard InChI is InChI=1S/C10H12N2O/c1-7-3-2-4-8(5-7)9-6-11-10(13)12-9/h2-5,9H,6H2,1H3,(H2,11,12,13)/t9-/m1/s1. The lowest BCUT2D eigenvalue weighted by Crippen LogP contribution is -2.21. The van der Waals surface area contributed by atoms with Crippen LogP contribution in [-0.4, -0.2) is 12.6 Å². The Balaban J connectivity index is 2.21. The molecular weight excluding hydrogens is 164 g/mol. The molecule has 13 heavy (non-hydrogen) atoms. The first-order valence-electron chi connectivity index (χ1n) is 4.36. The lowest BCUT2D eigenvalue weighted by atomic mass is 10.1. The van der Waals surface area contributed by atoms with Crippen molar-refractivity contribution in [3.05, 3.63) is 35.4 Å². The highest BCUT2D eigenvalue weighted by Gasteiger charge is 2.20. The number of benzene rings is 1. The van der Waals surface area contributed by atoms with Gasteiger partial charge in [-0.25, -0.2) is 4.79 Å². The molecule has 0 bridgehead atoms. The molecule has 0 spiro atoms. The van der Waals surface area contributed by atoms with Crippen molar-refractivity contribution in [1.29, 1.82) is 0 Å². The van der Waals surface area contributed by atoms with Crippen LogP contribution in [-0.2, 0) is 0 Å². The number of urea groups is 1. The molecule has 2 rings (SSSR count). The second kappa shape index (κ2) is 3.09. The van der Waals surface area contributed by atoms with Crippen LogP contribution in [0.5, 0.6) is 0 Å². The molecule has 3 nitrogen and oxygen atoms in total. The number of hydrogen-bond donors (Lipinski definition) is 2. The number of carbonyl (C=O) groups is 1. The molecule has 1 aliphatic heterocycles. The number of rotatable bonds is 1. The lowest BCUT2D eigenvalue weighted by Gasteiger charge is -2.08. The van der Waals surface area contributed by atoms with Gasteiger partial charge in [-0.05, 0) is 12.5 Å². The van der Waals surface area contributed by atoms with Gasteiger partial charge >= 0.3 is 6.03 Å². The van der Waals surface area contributed by atoms with Crippen LogP contribution in [0.25, 0.3) is 0 Å². The summed E-state index contributed by atoms with van der Waals surface area (Å²) in [7, 11) is 0. The zero-order valence-corrected chi connectivity index (χ0v) is 7.50. The fraction of sp³-hybridized carbons (Fsp3) is 0.300. The molecule has 1 aliphatic rings. The van der Waals surface area contributed by atoms with Crippen molar-refractivity contribution in [3.8, 4) is 0 Å². The van der Waals surface area contributed by atoms with Gasteiger partial charge in [-0.1, -0.05) is 29.8 Å². The Morgan fingerprint density at radius 3 is 2.92 bits per heavy atom. The van der Waals surface area contributed by atoms with Gasteiger partial charge in [0.25, 0.3) is 0 Å². The molecule has 0 saturated carbocycles. The van der Waals surface area contributed by atoms with Gasteiger partial charge in [0.1, 0.15) is 0 Å². The van der Waals surface area contributed by atoms with Gasteiger partial charge in [0.05, 0.1) is 6.04 Å².